The van der Waals surface area contributed by atoms with Crippen molar-refractivity contribution in [1.29, 1.82) is 0 Å². The molecule has 1 aromatic carbocycles. The number of ether oxygens (including phenoxy) is 1. The van der Waals surface area contributed by atoms with Gasteiger partial charge < -0.3 is 4.74 Å². The van der Waals surface area contributed by atoms with Gasteiger partial charge in [-0.1, -0.05) is 17.7 Å². The van der Waals surface area contributed by atoms with Gasteiger partial charge in [0.25, 0.3) is 0 Å². The van der Waals surface area contributed by atoms with E-state index in [1.165, 1.54) is 5.56 Å². The zero-order chi connectivity index (χ0) is 10.1. The molecule has 0 atom stereocenters. The average Bonchev–Trinajstić information content (AvgIpc) is 2.03. The highest BCUT2D eigenvalue weighted by Crippen LogP contribution is 2.34. The lowest BCUT2D eigenvalue weighted by atomic mass is 9.99. The van der Waals surface area contributed by atoms with Crippen molar-refractivity contribution in [3.63, 3.8) is 0 Å². The Morgan fingerprint density at radius 3 is 2.38 bits per heavy atom. The maximum Gasteiger partial charge on any atom is 0.123 e. The van der Waals surface area contributed by atoms with Gasteiger partial charge in [0.1, 0.15) is 5.75 Å². The van der Waals surface area contributed by atoms with Gasteiger partial charge in [-0.05, 0) is 26.8 Å². The topological polar surface area (TPSA) is 9.23 Å². The Hall–Kier alpha value is -0.630. The van der Waals surface area contributed by atoms with Gasteiger partial charge in [0, 0.05) is 10.3 Å². The van der Waals surface area contributed by atoms with Crippen LogP contribution >= 0.6 is 12.6 Å². The first-order valence-corrected chi connectivity index (χ1v) is 4.77. The van der Waals surface area contributed by atoms with E-state index in [0.717, 1.165) is 11.3 Å². The summed E-state index contributed by atoms with van der Waals surface area (Å²) < 4.78 is 5.12. The average molecular weight is 196 g/mol. The quantitative estimate of drug-likeness (QED) is 0.715. The molecule has 0 aliphatic heterocycles. The summed E-state index contributed by atoms with van der Waals surface area (Å²) in [6.45, 7) is 6.20. The first kappa shape index (κ1) is 10.5. The number of aryl methyl sites for hydroxylation is 1. The van der Waals surface area contributed by atoms with Gasteiger partial charge in [0.15, 0.2) is 0 Å². The first-order chi connectivity index (χ1) is 5.95. The summed E-state index contributed by atoms with van der Waals surface area (Å²) in [4.78, 5) is 0. The van der Waals surface area contributed by atoms with E-state index in [1.807, 2.05) is 12.1 Å². The molecule has 13 heavy (non-hydrogen) atoms. The number of thiol groups is 1. The molecule has 72 valence electrons. The van der Waals surface area contributed by atoms with Crippen molar-refractivity contribution in [2.75, 3.05) is 7.11 Å². The van der Waals surface area contributed by atoms with E-state index in [1.54, 1.807) is 7.11 Å². The van der Waals surface area contributed by atoms with Crippen LogP contribution in [0, 0.1) is 6.92 Å². The molecule has 0 saturated carbocycles. The molecular formula is C11H16OS. The lowest BCUT2D eigenvalue weighted by molar-refractivity contribution is 0.406. The molecule has 0 spiro atoms. The summed E-state index contributed by atoms with van der Waals surface area (Å²) in [6.07, 6.45) is 0. The van der Waals surface area contributed by atoms with Crippen molar-refractivity contribution in [2.45, 2.75) is 25.5 Å². The Bertz CT molecular complexity index is 299. The van der Waals surface area contributed by atoms with Crippen LogP contribution < -0.4 is 4.74 Å². The smallest absolute Gasteiger partial charge is 0.123 e. The van der Waals surface area contributed by atoms with Crippen molar-refractivity contribution in [3.05, 3.63) is 29.3 Å². The van der Waals surface area contributed by atoms with Crippen molar-refractivity contribution >= 4 is 12.6 Å². The van der Waals surface area contributed by atoms with E-state index in [9.17, 15) is 0 Å². The van der Waals surface area contributed by atoms with E-state index < -0.39 is 0 Å². The lowest BCUT2D eigenvalue weighted by Crippen LogP contribution is -2.09. The van der Waals surface area contributed by atoms with Crippen LogP contribution in [0.5, 0.6) is 5.75 Å². The molecule has 0 aromatic heterocycles. The fourth-order valence-electron chi connectivity index (χ4n) is 1.30. The number of rotatable bonds is 2. The largest absolute Gasteiger partial charge is 0.496 e. The highest BCUT2D eigenvalue weighted by molar-refractivity contribution is 7.81. The summed E-state index contributed by atoms with van der Waals surface area (Å²) in [7, 11) is 1.69. The zero-order valence-corrected chi connectivity index (χ0v) is 9.48. The third-order valence-corrected chi connectivity index (χ3v) is 2.26. The fourth-order valence-corrected chi connectivity index (χ4v) is 1.47. The van der Waals surface area contributed by atoms with E-state index in [4.69, 9.17) is 4.74 Å². The Morgan fingerprint density at radius 1 is 1.31 bits per heavy atom. The van der Waals surface area contributed by atoms with Gasteiger partial charge in [-0.15, -0.1) is 0 Å². The van der Waals surface area contributed by atoms with Crippen molar-refractivity contribution < 1.29 is 4.74 Å². The first-order valence-electron chi connectivity index (χ1n) is 4.32. The minimum atomic E-state index is -0.155. The van der Waals surface area contributed by atoms with Gasteiger partial charge in [0.05, 0.1) is 7.11 Å². The molecule has 1 aromatic rings. The molecule has 0 amide bonds. The predicted molar refractivity (Wildman–Crippen MR) is 59.7 cm³/mol. The van der Waals surface area contributed by atoms with Gasteiger partial charge >= 0.3 is 0 Å². The third-order valence-electron chi connectivity index (χ3n) is 2.01. The molecule has 0 radical (unpaired) electrons. The second-order valence-electron chi connectivity index (χ2n) is 3.76. The molecule has 0 N–H and O–H groups in total. The van der Waals surface area contributed by atoms with Crippen LogP contribution in [0.1, 0.15) is 25.0 Å². The highest BCUT2D eigenvalue weighted by atomic mass is 32.1. The predicted octanol–water partition coefficient (Wildman–Crippen LogP) is 3.17. The van der Waals surface area contributed by atoms with Crippen LogP contribution in [0.2, 0.25) is 0 Å². The lowest BCUT2D eigenvalue weighted by Gasteiger charge is -2.21. The standard InChI is InChI=1S/C11H16OS/c1-8-5-6-10(12-4)9(7-8)11(2,3)13/h5-7,13H,1-4H3. The summed E-state index contributed by atoms with van der Waals surface area (Å²) >= 11 is 4.54. The Morgan fingerprint density at radius 2 is 1.92 bits per heavy atom. The SMILES string of the molecule is COc1ccc(C)cc1C(C)(C)S. The molecule has 0 bridgehead atoms. The molecule has 0 fully saturated rings. The second-order valence-corrected chi connectivity index (χ2v) is 4.88. The maximum absolute atomic E-state index is 5.28. The van der Waals surface area contributed by atoms with E-state index in [2.05, 4.69) is 39.5 Å². The molecule has 0 heterocycles. The van der Waals surface area contributed by atoms with Crippen LogP contribution in [-0.2, 0) is 4.75 Å². The molecule has 0 unspecified atom stereocenters. The molecule has 1 rings (SSSR count). The van der Waals surface area contributed by atoms with Gasteiger partial charge in [-0.2, -0.15) is 12.6 Å². The molecule has 2 heteroatoms. The second kappa shape index (κ2) is 3.62. The van der Waals surface area contributed by atoms with Crippen LogP contribution in [0.4, 0.5) is 0 Å². The highest BCUT2D eigenvalue weighted by Gasteiger charge is 2.19. The number of hydrogen-bond donors (Lipinski definition) is 1. The van der Waals surface area contributed by atoms with Crippen LogP contribution in [0.15, 0.2) is 18.2 Å². The van der Waals surface area contributed by atoms with E-state index >= 15 is 0 Å². The van der Waals surface area contributed by atoms with Gasteiger partial charge in [0.2, 0.25) is 0 Å². The summed E-state index contributed by atoms with van der Waals surface area (Å²) in [6, 6.07) is 6.15. The monoisotopic (exact) mass is 196 g/mol. The maximum atomic E-state index is 5.28. The van der Waals surface area contributed by atoms with Crippen molar-refractivity contribution in [3.8, 4) is 5.75 Å². The van der Waals surface area contributed by atoms with Crippen molar-refractivity contribution in [2.24, 2.45) is 0 Å². The molecule has 0 aliphatic rings. The summed E-state index contributed by atoms with van der Waals surface area (Å²) in [5, 5.41) is 0. The normalized spacial score (nSPS) is 11.5. The number of benzene rings is 1. The van der Waals surface area contributed by atoms with Gasteiger partial charge in [-0.3, -0.25) is 0 Å². The van der Waals surface area contributed by atoms with Gasteiger partial charge in [-0.25, -0.2) is 0 Å². The Kier molecular flexibility index (Phi) is 2.91. The number of methoxy groups -OCH3 is 1. The zero-order valence-electron chi connectivity index (χ0n) is 8.59. The summed E-state index contributed by atoms with van der Waals surface area (Å²) in [5.41, 5.74) is 2.37. The van der Waals surface area contributed by atoms with E-state index in [-0.39, 0.29) is 4.75 Å². The number of hydrogen-bond acceptors (Lipinski definition) is 2. The minimum Gasteiger partial charge on any atom is -0.496 e. The Labute approximate surface area is 85.5 Å². The minimum absolute atomic E-state index is 0.155. The molecule has 0 saturated heterocycles. The third kappa shape index (κ3) is 2.41. The van der Waals surface area contributed by atoms with Crippen LogP contribution in [-0.4, -0.2) is 7.11 Å². The van der Waals surface area contributed by atoms with Crippen LogP contribution in [0.25, 0.3) is 0 Å². The summed E-state index contributed by atoms with van der Waals surface area (Å²) in [5.74, 6) is 0.908. The van der Waals surface area contributed by atoms with E-state index in [0.29, 0.717) is 0 Å². The Balaban J connectivity index is 3.24. The van der Waals surface area contributed by atoms with Crippen molar-refractivity contribution in [1.82, 2.24) is 0 Å². The molecular weight excluding hydrogens is 180 g/mol. The molecule has 1 nitrogen and oxygen atoms in total. The fraction of sp³-hybridized carbons (Fsp3) is 0.455. The molecule has 0 aliphatic carbocycles. The van der Waals surface area contributed by atoms with Crippen LogP contribution in [0.3, 0.4) is 0 Å².